The molecule has 0 bridgehead atoms. The minimum absolute atomic E-state index is 0.458. The van der Waals surface area contributed by atoms with Gasteiger partial charge in [-0.05, 0) is 46.0 Å². The number of hydrogen-bond acceptors (Lipinski definition) is 3. The molecule has 0 radical (unpaired) electrons. The molecular formula is C18H31N3. The average molecular weight is 289 g/mol. The number of likely N-dealkylation sites (tertiary alicyclic amines) is 1. The predicted octanol–water partition coefficient (Wildman–Crippen LogP) is 2.53. The van der Waals surface area contributed by atoms with E-state index >= 15 is 0 Å². The Labute approximate surface area is 130 Å². The molecule has 3 nitrogen and oxygen atoms in total. The molecule has 0 aliphatic carbocycles. The van der Waals surface area contributed by atoms with E-state index in [0.717, 1.165) is 5.92 Å². The van der Waals surface area contributed by atoms with Crippen molar-refractivity contribution in [3.8, 4) is 0 Å². The molecule has 0 saturated carbocycles. The van der Waals surface area contributed by atoms with E-state index in [1.165, 1.54) is 37.2 Å². The first kappa shape index (κ1) is 16.5. The molecule has 1 N–H and O–H groups in total. The van der Waals surface area contributed by atoms with Gasteiger partial charge in [0.05, 0.1) is 0 Å². The molecule has 0 amide bonds. The monoisotopic (exact) mass is 289 g/mol. The van der Waals surface area contributed by atoms with E-state index in [-0.39, 0.29) is 0 Å². The van der Waals surface area contributed by atoms with Crippen LogP contribution in [0, 0.1) is 12.8 Å². The molecule has 118 valence electrons. The Morgan fingerprint density at radius 1 is 1.24 bits per heavy atom. The van der Waals surface area contributed by atoms with Gasteiger partial charge in [-0.1, -0.05) is 36.8 Å². The van der Waals surface area contributed by atoms with E-state index in [4.69, 9.17) is 0 Å². The number of nitrogens with zero attached hydrogens (tertiary/aromatic N) is 2. The molecule has 0 spiro atoms. The number of nitrogens with one attached hydrogen (secondary N) is 1. The summed E-state index contributed by atoms with van der Waals surface area (Å²) in [6, 6.07) is 10.1. The number of likely N-dealkylation sites (N-methyl/N-ethyl adjacent to an activating group) is 1. The highest BCUT2D eigenvalue weighted by Gasteiger charge is 2.30. The second-order valence-corrected chi connectivity index (χ2v) is 6.81. The highest BCUT2D eigenvalue weighted by atomic mass is 15.2. The molecule has 1 aliphatic rings. The van der Waals surface area contributed by atoms with Crippen LogP contribution in [0.15, 0.2) is 24.3 Å². The van der Waals surface area contributed by atoms with Crippen LogP contribution in [0.1, 0.15) is 30.5 Å². The largest absolute Gasteiger partial charge is 0.313 e. The van der Waals surface area contributed by atoms with Crippen LogP contribution in [0.3, 0.4) is 0 Å². The van der Waals surface area contributed by atoms with Crippen molar-refractivity contribution in [2.24, 2.45) is 5.92 Å². The third-order valence-electron chi connectivity index (χ3n) is 4.87. The van der Waals surface area contributed by atoms with Gasteiger partial charge in [0.15, 0.2) is 0 Å². The summed E-state index contributed by atoms with van der Waals surface area (Å²) in [5, 5.41) is 3.47. The van der Waals surface area contributed by atoms with E-state index in [2.05, 4.69) is 74.4 Å². The van der Waals surface area contributed by atoms with Gasteiger partial charge in [0.1, 0.15) is 0 Å². The Hall–Kier alpha value is -0.900. The van der Waals surface area contributed by atoms with Gasteiger partial charge < -0.3 is 15.1 Å². The first-order chi connectivity index (χ1) is 10.0. The second kappa shape index (κ2) is 7.39. The molecule has 21 heavy (non-hydrogen) atoms. The van der Waals surface area contributed by atoms with E-state index in [0.29, 0.717) is 12.1 Å². The van der Waals surface area contributed by atoms with Crippen LogP contribution in [-0.4, -0.2) is 56.6 Å². The molecule has 1 aromatic rings. The van der Waals surface area contributed by atoms with Crippen LogP contribution < -0.4 is 5.32 Å². The fraction of sp³-hybridized carbons (Fsp3) is 0.667. The third kappa shape index (κ3) is 4.29. The zero-order chi connectivity index (χ0) is 15.4. The molecule has 0 aromatic heterocycles. The van der Waals surface area contributed by atoms with E-state index < -0.39 is 0 Å². The summed E-state index contributed by atoms with van der Waals surface area (Å²) in [7, 11) is 6.47. The maximum absolute atomic E-state index is 3.47. The first-order valence-corrected chi connectivity index (χ1v) is 8.14. The van der Waals surface area contributed by atoms with Gasteiger partial charge >= 0.3 is 0 Å². The number of aryl methyl sites for hydroxylation is 1. The lowest BCUT2D eigenvalue weighted by atomic mass is 10.0. The number of benzene rings is 1. The van der Waals surface area contributed by atoms with Gasteiger partial charge in [0.2, 0.25) is 0 Å². The predicted molar refractivity (Wildman–Crippen MR) is 90.7 cm³/mol. The Morgan fingerprint density at radius 2 is 1.90 bits per heavy atom. The molecular weight excluding hydrogens is 258 g/mol. The van der Waals surface area contributed by atoms with Gasteiger partial charge in [-0.3, -0.25) is 0 Å². The van der Waals surface area contributed by atoms with Crippen LogP contribution in [0.2, 0.25) is 0 Å². The normalized spacial score (nSPS) is 24.7. The van der Waals surface area contributed by atoms with Crippen molar-refractivity contribution in [2.75, 3.05) is 40.8 Å². The van der Waals surface area contributed by atoms with Crippen LogP contribution in [0.5, 0.6) is 0 Å². The van der Waals surface area contributed by atoms with Crippen LogP contribution in [0.25, 0.3) is 0 Å². The number of hydrogen-bond donors (Lipinski definition) is 1. The topological polar surface area (TPSA) is 18.5 Å². The fourth-order valence-corrected chi connectivity index (χ4v) is 3.49. The summed E-state index contributed by atoms with van der Waals surface area (Å²) in [4.78, 5) is 4.99. The van der Waals surface area contributed by atoms with E-state index in [1.54, 1.807) is 0 Å². The molecule has 1 saturated heterocycles. The van der Waals surface area contributed by atoms with Crippen LogP contribution in [-0.2, 0) is 0 Å². The summed E-state index contributed by atoms with van der Waals surface area (Å²) in [5.74, 6) is 0.771. The molecule has 3 unspecified atom stereocenters. The van der Waals surface area contributed by atoms with Crippen molar-refractivity contribution in [1.29, 1.82) is 0 Å². The van der Waals surface area contributed by atoms with E-state index in [1.807, 2.05) is 0 Å². The van der Waals surface area contributed by atoms with Crippen molar-refractivity contribution >= 4 is 0 Å². The van der Waals surface area contributed by atoms with Crippen molar-refractivity contribution in [3.05, 3.63) is 35.4 Å². The van der Waals surface area contributed by atoms with Gasteiger partial charge in [0, 0.05) is 31.7 Å². The van der Waals surface area contributed by atoms with E-state index in [9.17, 15) is 0 Å². The Bertz CT molecular complexity index is 427. The molecule has 1 fully saturated rings. The molecule has 1 aliphatic heterocycles. The summed E-state index contributed by atoms with van der Waals surface area (Å²) in [6.45, 7) is 8.13. The van der Waals surface area contributed by atoms with Crippen LogP contribution in [0.4, 0.5) is 0 Å². The second-order valence-electron chi connectivity index (χ2n) is 6.81. The number of rotatable bonds is 6. The van der Waals surface area contributed by atoms with Crippen LogP contribution >= 0.6 is 0 Å². The zero-order valence-electron chi connectivity index (χ0n) is 14.3. The fourth-order valence-electron chi connectivity index (χ4n) is 3.49. The maximum Gasteiger partial charge on any atom is 0.0329 e. The Balaban J connectivity index is 1.88. The Morgan fingerprint density at radius 3 is 2.43 bits per heavy atom. The lowest BCUT2D eigenvalue weighted by Crippen LogP contribution is -2.34. The molecule has 1 aromatic carbocycles. The first-order valence-electron chi connectivity index (χ1n) is 8.14. The summed E-state index contributed by atoms with van der Waals surface area (Å²) >= 11 is 0. The highest BCUT2D eigenvalue weighted by molar-refractivity contribution is 5.24. The smallest absolute Gasteiger partial charge is 0.0329 e. The average Bonchev–Trinajstić information content (AvgIpc) is 2.82. The lowest BCUT2D eigenvalue weighted by Gasteiger charge is -2.23. The molecule has 3 heteroatoms. The minimum Gasteiger partial charge on any atom is -0.313 e. The zero-order valence-corrected chi connectivity index (χ0v) is 14.3. The summed E-state index contributed by atoms with van der Waals surface area (Å²) in [6.07, 6.45) is 1.17. The molecule has 1 heterocycles. The molecule has 2 rings (SSSR count). The highest BCUT2D eigenvalue weighted by Crippen LogP contribution is 2.23. The van der Waals surface area contributed by atoms with Crippen molar-refractivity contribution in [3.63, 3.8) is 0 Å². The standard InChI is InChI=1S/C18H31N3/c1-14-6-8-16(9-7-14)17(19-3)10-11-21-12-15(2)18(13-21)20(4)5/h6-9,15,17-19H,10-13H2,1-5H3. The third-order valence-corrected chi connectivity index (χ3v) is 4.87. The van der Waals surface area contributed by atoms with Crippen molar-refractivity contribution in [2.45, 2.75) is 32.4 Å². The van der Waals surface area contributed by atoms with Crippen molar-refractivity contribution in [1.82, 2.24) is 15.1 Å². The lowest BCUT2D eigenvalue weighted by molar-refractivity contribution is 0.248. The van der Waals surface area contributed by atoms with Gasteiger partial charge in [-0.15, -0.1) is 0 Å². The Kier molecular flexibility index (Phi) is 5.80. The van der Waals surface area contributed by atoms with Gasteiger partial charge in [-0.25, -0.2) is 0 Å². The SMILES string of the molecule is CNC(CCN1CC(C)C(N(C)C)C1)c1ccc(C)cc1. The molecule has 3 atom stereocenters. The summed E-state index contributed by atoms with van der Waals surface area (Å²) < 4.78 is 0. The van der Waals surface area contributed by atoms with Gasteiger partial charge in [-0.2, -0.15) is 0 Å². The quantitative estimate of drug-likeness (QED) is 0.868. The van der Waals surface area contributed by atoms with Gasteiger partial charge in [0.25, 0.3) is 0 Å². The van der Waals surface area contributed by atoms with Crippen molar-refractivity contribution < 1.29 is 0 Å². The summed E-state index contributed by atoms with van der Waals surface area (Å²) in [5.41, 5.74) is 2.73. The maximum atomic E-state index is 3.47. The minimum atomic E-state index is 0.458.